The fraction of sp³-hybridized carbons (Fsp3) is 0.273. The second-order valence-electron chi connectivity index (χ2n) is 4.07. The van der Waals surface area contributed by atoms with Crippen LogP contribution in [0.15, 0.2) is 12.1 Å². The predicted molar refractivity (Wildman–Crippen MR) is 62.6 cm³/mol. The summed E-state index contributed by atoms with van der Waals surface area (Å²) in [6.07, 6.45) is 0. The van der Waals surface area contributed by atoms with E-state index in [0.717, 1.165) is 5.56 Å². The minimum atomic E-state index is -0.573. The van der Waals surface area contributed by atoms with Gasteiger partial charge in [0.25, 0.3) is 0 Å². The van der Waals surface area contributed by atoms with Crippen LogP contribution in [0.1, 0.15) is 18.5 Å². The first kappa shape index (κ1) is 10.5. The summed E-state index contributed by atoms with van der Waals surface area (Å²) in [4.78, 5) is 11.7. The maximum atomic E-state index is 13.7. The molecule has 1 atom stereocenters. The fourth-order valence-corrected chi connectivity index (χ4v) is 2.25. The first-order valence-electron chi connectivity index (χ1n) is 5.19. The van der Waals surface area contributed by atoms with E-state index in [9.17, 15) is 9.18 Å². The molecule has 0 saturated heterocycles. The maximum Gasteiger partial charge on any atom is 0.249 e. The minimum absolute atomic E-state index is 0.200. The van der Waals surface area contributed by atoms with E-state index in [2.05, 4.69) is 10.4 Å². The van der Waals surface area contributed by atoms with Gasteiger partial charge in [-0.15, -0.1) is 16.7 Å². The van der Waals surface area contributed by atoms with Gasteiger partial charge in [0, 0.05) is 5.88 Å². The van der Waals surface area contributed by atoms with Crippen molar-refractivity contribution in [2.24, 2.45) is 0 Å². The summed E-state index contributed by atoms with van der Waals surface area (Å²) in [5, 5.41) is 6.90. The highest BCUT2D eigenvalue weighted by Crippen LogP contribution is 2.33. The molecule has 0 saturated carbocycles. The maximum absolute atomic E-state index is 13.7. The predicted octanol–water partition coefficient (Wildman–Crippen LogP) is 2.43. The molecule has 0 fully saturated rings. The molecule has 1 aliphatic heterocycles. The van der Waals surface area contributed by atoms with E-state index in [-0.39, 0.29) is 11.8 Å². The van der Waals surface area contributed by atoms with Crippen LogP contribution in [0.3, 0.4) is 0 Å². The monoisotopic (exact) mass is 253 g/mol. The van der Waals surface area contributed by atoms with Crippen molar-refractivity contribution in [1.82, 2.24) is 9.78 Å². The summed E-state index contributed by atoms with van der Waals surface area (Å²) in [6.45, 7) is 1.68. The third kappa shape index (κ3) is 1.35. The lowest BCUT2D eigenvalue weighted by Crippen LogP contribution is -2.28. The molecular formula is C11H9ClFN3O. The molecule has 1 amide bonds. The van der Waals surface area contributed by atoms with Gasteiger partial charge in [0.1, 0.15) is 6.04 Å². The zero-order valence-corrected chi connectivity index (χ0v) is 9.75. The van der Waals surface area contributed by atoms with Crippen LogP contribution >= 0.6 is 11.6 Å². The van der Waals surface area contributed by atoms with Gasteiger partial charge in [-0.05, 0) is 24.6 Å². The van der Waals surface area contributed by atoms with Gasteiger partial charge in [0.2, 0.25) is 11.9 Å². The Labute approximate surface area is 101 Å². The first-order valence-corrected chi connectivity index (χ1v) is 5.72. The van der Waals surface area contributed by atoms with Gasteiger partial charge < -0.3 is 5.32 Å². The Kier molecular flexibility index (Phi) is 2.13. The fourth-order valence-electron chi connectivity index (χ4n) is 2.10. The number of aromatic nitrogens is 2. The van der Waals surface area contributed by atoms with Crippen LogP contribution in [-0.2, 0) is 10.7 Å². The summed E-state index contributed by atoms with van der Waals surface area (Å²) < 4.78 is 15.1. The Balaban J connectivity index is 2.40. The molecule has 1 aromatic heterocycles. The van der Waals surface area contributed by atoms with Crippen LogP contribution in [0.25, 0.3) is 10.9 Å². The molecular weight excluding hydrogens is 245 g/mol. The van der Waals surface area contributed by atoms with Crippen molar-refractivity contribution < 1.29 is 9.18 Å². The molecule has 1 aromatic carbocycles. The van der Waals surface area contributed by atoms with Crippen molar-refractivity contribution >= 4 is 34.1 Å². The molecule has 0 aliphatic carbocycles. The Hall–Kier alpha value is -1.62. The zero-order valence-electron chi connectivity index (χ0n) is 9.00. The van der Waals surface area contributed by atoms with Gasteiger partial charge in [0.05, 0.1) is 16.6 Å². The number of carbonyl (C=O) groups is 1. The van der Waals surface area contributed by atoms with Crippen LogP contribution in [0, 0.1) is 5.95 Å². The zero-order chi connectivity index (χ0) is 12.2. The number of nitrogens with zero attached hydrogens (tertiary/aromatic N) is 2. The molecule has 6 heteroatoms. The Morgan fingerprint density at radius 3 is 3.06 bits per heavy atom. The van der Waals surface area contributed by atoms with Gasteiger partial charge >= 0.3 is 0 Å². The van der Waals surface area contributed by atoms with Crippen molar-refractivity contribution in [1.29, 1.82) is 0 Å². The first-order chi connectivity index (χ1) is 8.11. The third-order valence-corrected chi connectivity index (χ3v) is 3.28. The quantitative estimate of drug-likeness (QED) is 0.794. The number of amides is 1. The highest BCUT2D eigenvalue weighted by molar-refractivity contribution is 6.17. The van der Waals surface area contributed by atoms with Crippen molar-refractivity contribution in [2.45, 2.75) is 18.8 Å². The van der Waals surface area contributed by atoms with Crippen molar-refractivity contribution in [3.63, 3.8) is 0 Å². The molecule has 4 nitrogen and oxygen atoms in total. The third-order valence-electron chi connectivity index (χ3n) is 2.98. The molecule has 0 spiro atoms. The van der Waals surface area contributed by atoms with Gasteiger partial charge in [-0.25, -0.2) is 4.68 Å². The number of nitrogens with one attached hydrogen (secondary N) is 1. The summed E-state index contributed by atoms with van der Waals surface area (Å²) in [5.74, 6) is -0.510. The van der Waals surface area contributed by atoms with Gasteiger partial charge in [-0.3, -0.25) is 4.79 Å². The number of alkyl halides is 1. The molecule has 88 valence electrons. The van der Waals surface area contributed by atoms with Crippen LogP contribution in [0.4, 0.5) is 10.1 Å². The largest absolute Gasteiger partial charge is 0.322 e. The molecule has 0 bridgehead atoms. The van der Waals surface area contributed by atoms with E-state index in [4.69, 9.17) is 11.6 Å². The lowest BCUT2D eigenvalue weighted by Gasteiger charge is -2.21. The molecule has 2 heterocycles. The van der Waals surface area contributed by atoms with Crippen molar-refractivity contribution in [3.8, 4) is 0 Å². The number of benzene rings is 1. The molecule has 0 radical (unpaired) electrons. The molecule has 3 rings (SSSR count). The van der Waals surface area contributed by atoms with E-state index < -0.39 is 12.0 Å². The standard InChI is InChI=1S/C11H9ClFN3O/c1-5-11(17)14-8-3-6(4-12)2-7-9(8)16(5)15-10(7)13/h2-3,5H,4H2,1H3,(H,14,17)/t5-/m1/s1. The average Bonchev–Trinajstić information content (AvgIpc) is 2.65. The van der Waals surface area contributed by atoms with Crippen LogP contribution in [-0.4, -0.2) is 15.7 Å². The van der Waals surface area contributed by atoms with Crippen LogP contribution in [0.2, 0.25) is 0 Å². The smallest absolute Gasteiger partial charge is 0.249 e. The average molecular weight is 254 g/mol. The van der Waals surface area contributed by atoms with Crippen molar-refractivity contribution in [2.75, 3.05) is 5.32 Å². The molecule has 1 aliphatic rings. The van der Waals surface area contributed by atoms with Gasteiger partial charge in [-0.2, -0.15) is 4.39 Å². The van der Waals surface area contributed by atoms with E-state index in [0.29, 0.717) is 16.6 Å². The van der Waals surface area contributed by atoms with Crippen LogP contribution < -0.4 is 5.32 Å². The number of rotatable bonds is 1. The van der Waals surface area contributed by atoms with Gasteiger partial charge in [-0.1, -0.05) is 0 Å². The highest BCUT2D eigenvalue weighted by Gasteiger charge is 2.28. The molecule has 1 N–H and O–H groups in total. The second kappa shape index (κ2) is 3.43. The lowest BCUT2D eigenvalue weighted by atomic mass is 10.1. The van der Waals surface area contributed by atoms with E-state index in [1.807, 2.05) is 0 Å². The Morgan fingerprint density at radius 1 is 1.59 bits per heavy atom. The number of halogens is 2. The minimum Gasteiger partial charge on any atom is -0.322 e. The van der Waals surface area contributed by atoms with Gasteiger partial charge in [0.15, 0.2) is 0 Å². The SMILES string of the molecule is C[C@@H]1C(=O)Nc2cc(CCl)cc3c(F)nn1c23. The number of carbonyl (C=O) groups excluding carboxylic acids is 1. The number of hydrogen-bond donors (Lipinski definition) is 1. The Morgan fingerprint density at radius 2 is 2.35 bits per heavy atom. The summed E-state index contributed by atoms with van der Waals surface area (Å²) >= 11 is 5.74. The van der Waals surface area contributed by atoms with Crippen LogP contribution in [0.5, 0.6) is 0 Å². The molecule has 0 unspecified atom stereocenters. The van der Waals surface area contributed by atoms with E-state index in [1.54, 1.807) is 19.1 Å². The summed E-state index contributed by atoms with van der Waals surface area (Å²) in [7, 11) is 0. The second-order valence-corrected chi connectivity index (χ2v) is 4.34. The summed E-state index contributed by atoms with van der Waals surface area (Å²) in [6, 6.07) is 2.90. The van der Waals surface area contributed by atoms with E-state index >= 15 is 0 Å². The number of anilines is 1. The van der Waals surface area contributed by atoms with Crippen molar-refractivity contribution in [3.05, 3.63) is 23.6 Å². The Bertz CT molecular complexity index is 637. The number of hydrogen-bond acceptors (Lipinski definition) is 2. The lowest BCUT2D eigenvalue weighted by molar-refractivity contribution is -0.119. The summed E-state index contributed by atoms with van der Waals surface area (Å²) in [5.41, 5.74) is 1.93. The molecule has 17 heavy (non-hydrogen) atoms. The topological polar surface area (TPSA) is 46.9 Å². The normalized spacial score (nSPS) is 18.5. The molecule has 2 aromatic rings. The highest BCUT2D eigenvalue weighted by atomic mass is 35.5. The van der Waals surface area contributed by atoms with E-state index in [1.165, 1.54) is 4.68 Å².